The molecule has 0 aliphatic rings. The second-order valence-electron chi connectivity index (χ2n) is 5.62. The fraction of sp³-hybridized carbons (Fsp3) is 0.211. The van der Waals surface area contributed by atoms with Gasteiger partial charge in [0, 0.05) is 10.7 Å². The molecule has 0 aromatic heterocycles. The highest BCUT2D eigenvalue weighted by Gasteiger charge is 2.55. The third-order valence-electron chi connectivity index (χ3n) is 3.74. The van der Waals surface area contributed by atoms with Crippen molar-refractivity contribution in [2.45, 2.75) is 18.9 Å². The summed E-state index contributed by atoms with van der Waals surface area (Å²) in [4.78, 5) is 26.5. The minimum Gasteiger partial charge on any atom is -0.457 e. The summed E-state index contributed by atoms with van der Waals surface area (Å²) >= 11 is 5.81. The molecule has 0 fully saturated rings. The molecule has 0 bridgehead atoms. The summed E-state index contributed by atoms with van der Waals surface area (Å²) in [6, 6.07) is 11.6. The molecule has 1 N–H and O–H groups in total. The summed E-state index contributed by atoms with van der Waals surface area (Å²) in [5.41, 5.74) is 7.89. The topological polar surface area (TPSA) is 91.8 Å². The quantitative estimate of drug-likeness (QED) is 0.236. The molecule has 2 aromatic rings. The van der Waals surface area contributed by atoms with Gasteiger partial charge in [0.1, 0.15) is 6.04 Å². The van der Waals surface area contributed by atoms with Gasteiger partial charge in [0.25, 0.3) is 0 Å². The van der Waals surface area contributed by atoms with Gasteiger partial charge in [0.05, 0.1) is 6.61 Å². The van der Waals surface area contributed by atoms with Gasteiger partial charge in [-0.15, -0.1) is 0 Å². The van der Waals surface area contributed by atoms with Crippen LogP contribution in [0, 0.1) is 0 Å². The van der Waals surface area contributed by atoms with E-state index in [1.165, 1.54) is 43.3 Å². The molecule has 146 valence electrons. The van der Waals surface area contributed by atoms with E-state index >= 15 is 8.78 Å². The fourth-order valence-corrected chi connectivity index (χ4v) is 2.53. The lowest BCUT2D eigenvalue weighted by Crippen LogP contribution is -2.46. The Labute approximate surface area is 164 Å². The number of hydrogen-bond acceptors (Lipinski definition) is 4. The average Bonchev–Trinajstić information content (AvgIpc) is 2.68. The third kappa shape index (κ3) is 4.79. The maximum atomic E-state index is 15.1. The number of hydrogen-bond donors (Lipinski definition) is 1. The van der Waals surface area contributed by atoms with Crippen molar-refractivity contribution in [3.8, 4) is 0 Å². The van der Waals surface area contributed by atoms with Gasteiger partial charge in [0.15, 0.2) is 0 Å². The van der Waals surface area contributed by atoms with E-state index in [9.17, 15) is 9.59 Å². The van der Waals surface area contributed by atoms with E-state index in [0.29, 0.717) is 10.7 Å². The standard InChI is InChI=1S/C19H16ClF2N3O3/c1-2-28-18(27)15(25-23)17(26)19(21,22)16(12-8-10-13(20)11-9-12)24-14-6-4-3-5-7-14/h3-11,16,24H,2H2,1H3. The van der Waals surface area contributed by atoms with Crippen molar-refractivity contribution in [2.75, 3.05) is 11.9 Å². The van der Waals surface area contributed by atoms with Gasteiger partial charge in [-0.05, 0) is 36.8 Å². The van der Waals surface area contributed by atoms with E-state index in [0.717, 1.165) is 0 Å². The normalized spacial score (nSPS) is 11.9. The van der Waals surface area contributed by atoms with Gasteiger partial charge in [0.2, 0.25) is 0 Å². The maximum Gasteiger partial charge on any atom is 0.448 e. The second kappa shape index (κ2) is 9.21. The number of ketones is 1. The van der Waals surface area contributed by atoms with Crippen molar-refractivity contribution in [1.29, 1.82) is 0 Å². The minimum atomic E-state index is -4.15. The van der Waals surface area contributed by atoms with Crippen LogP contribution >= 0.6 is 11.6 Å². The first kappa shape index (κ1) is 21.2. The number of esters is 1. The molecule has 2 rings (SSSR count). The first-order chi connectivity index (χ1) is 13.3. The number of benzene rings is 2. The van der Waals surface area contributed by atoms with E-state index in [1.54, 1.807) is 18.2 Å². The smallest absolute Gasteiger partial charge is 0.448 e. The molecular formula is C19H16ClF2N3O3. The number of para-hydroxylation sites is 1. The molecule has 28 heavy (non-hydrogen) atoms. The lowest BCUT2D eigenvalue weighted by molar-refractivity contribution is -0.149. The van der Waals surface area contributed by atoms with E-state index < -0.39 is 29.4 Å². The Hall–Kier alpha value is -3.09. The number of anilines is 1. The SMILES string of the molecule is CCOC(=O)C(=[N+]=[N-])C(=O)C(F)(F)C(Nc1ccccc1)c1ccc(Cl)cc1. The number of ether oxygens (including phenoxy) is 1. The van der Waals surface area contributed by atoms with Crippen LogP contribution in [-0.4, -0.2) is 34.8 Å². The molecule has 0 heterocycles. The van der Waals surface area contributed by atoms with Crippen LogP contribution in [0.5, 0.6) is 0 Å². The lowest BCUT2D eigenvalue weighted by atomic mass is 9.94. The van der Waals surface area contributed by atoms with Crippen LogP contribution in [0.4, 0.5) is 14.5 Å². The largest absolute Gasteiger partial charge is 0.457 e. The number of rotatable bonds is 8. The van der Waals surface area contributed by atoms with E-state index in [4.69, 9.17) is 17.1 Å². The number of carbonyl (C=O) groups excluding carboxylic acids is 2. The Bertz CT molecular complexity index is 898. The van der Waals surface area contributed by atoms with Crippen LogP contribution in [0.15, 0.2) is 54.6 Å². The molecule has 0 saturated carbocycles. The molecule has 0 aliphatic carbocycles. The highest BCUT2D eigenvalue weighted by Crippen LogP contribution is 2.36. The van der Waals surface area contributed by atoms with Gasteiger partial charge in [-0.3, -0.25) is 4.79 Å². The molecule has 0 radical (unpaired) electrons. The summed E-state index contributed by atoms with van der Waals surface area (Å²) in [7, 11) is 0. The number of alkyl halides is 2. The second-order valence-corrected chi connectivity index (χ2v) is 6.05. The van der Waals surface area contributed by atoms with Crippen LogP contribution in [0.2, 0.25) is 5.02 Å². The number of halogens is 3. The molecular weight excluding hydrogens is 392 g/mol. The zero-order chi connectivity index (χ0) is 20.7. The summed E-state index contributed by atoms with van der Waals surface area (Å²) in [6.07, 6.45) is 0. The first-order valence-electron chi connectivity index (χ1n) is 8.20. The van der Waals surface area contributed by atoms with Gasteiger partial charge >= 0.3 is 23.4 Å². The third-order valence-corrected chi connectivity index (χ3v) is 3.99. The van der Waals surface area contributed by atoms with Gasteiger partial charge in [-0.2, -0.15) is 13.6 Å². The molecule has 0 amide bonds. The highest BCUT2D eigenvalue weighted by molar-refractivity contribution is 6.63. The Morgan fingerprint density at radius 3 is 2.32 bits per heavy atom. The molecule has 0 aliphatic heterocycles. The summed E-state index contributed by atoms with van der Waals surface area (Å²) in [5, 5.41) is 2.90. The van der Waals surface area contributed by atoms with Crippen LogP contribution in [0.25, 0.3) is 5.53 Å². The first-order valence-corrected chi connectivity index (χ1v) is 8.57. The van der Waals surface area contributed by atoms with Gasteiger partial charge < -0.3 is 15.6 Å². The Morgan fingerprint density at radius 2 is 1.79 bits per heavy atom. The van der Waals surface area contributed by atoms with Crippen LogP contribution in [-0.2, 0) is 14.3 Å². The van der Waals surface area contributed by atoms with E-state index in [2.05, 4.69) is 14.8 Å². The molecule has 1 unspecified atom stereocenters. The Morgan fingerprint density at radius 1 is 1.18 bits per heavy atom. The Balaban J connectivity index is 2.47. The van der Waals surface area contributed by atoms with Crippen molar-refractivity contribution in [2.24, 2.45) is 0 Å². The fourth-order valence-electron chi connectivity index (χ4n) is 2.41. The molecule has 0 spiro atoms. The maximum absolute atomic E-state index is 15.1. The molecule has 9 heteroatoms. The van der Waals surface area contributed by atoms with Gasteiger partial charge in [-0.25, -0.2) is 4.79 Å². The molecule has 2 aromatic carbocycles. The van der Waals surface area contributed by atoms with Crippen molar-refractivity contribution >= 4 is 34.8 Å². The highest BCUT2D eigenvalue weighted by atomic mass is 35.5. The van der Waals surface area contributed by atoms with Crippen molar-refractivity contribution < 1.29 is 27.9 Å². The van der Waals surface area contributed by atoms with Gasteiger partial charge in [-0.1, -0.05) is 41.9 Å². The minimum absolute atomic E-state index is 0.0350. The molecule has 1 atom stereocenters. The van der Waals surface area contributed by atoms with Crippen molar-refractivity contribution in [3.05, 3.63) is 70.7 Å². The predicted octanol–water partition coefficient (Wildman–Crippen LogP) is 3.93. The number of carbonyl (C=O) groups is 2. The number of nitrogens with one attached hydrogen (secondary N) is 1. The summed E-state index contributed by atoms with van der Waals surface area (Å²) < 4.78 is 34.8. The van der Waals surface area contributed by atoms with E-state index in [1.807, 2.05) is 0 Å². The van der Waals surface area contributed by atoms with Crippen LogP contribution in [0.3, 0.4) is 0 Å². The zero-order valence-corrected chi connectivity index (χ0v) is 15.5. The lowest BCUT2D eigenvalue weighted by Gasteiger charge is -2.26. The van der Waals surface area contributed by atoms with E-state index in [-0.39, 0.29) is 12.2 Å². The predicted molar refractivity (Wildman–Crippen MR) is 99.5 cm³/mol. The monoisotopic (exact) mass is 407 g/mol. The molecule has 0 saturated heterocycles. The average molecular weight is 408 g/mol. The van der Waals surface area contributed by atoms with Crippen molar-refractivity contribution in [1.82, 2.24) is 0 Å². The molecule has 6 nitrogen and oxygen atoms in total. The summed E-state index contributed by atoms with van der Waals surface area (Å²) in [6.45, 7) is 1.24. The van der Waals surface area contributed by atoms with Crippen LogP contribution < -0.4 is 5.32 Å². The van der Waals surface area contributed by atoms with Crippen LogP contribution in [0.1, 0.15) is 18.5 Å². The number of Topliss-reactive ketones (excluding diaryl/α,β-unsaturated/α-hetero) is 1. The zero-order valence-electron chi connectivity index (χ0n) is 14.7. The van der Waals surface area contributed by atoms with Crippen molar-refractivity contribution in [3.63, 3.8) is 0 Å². The summed E-state index contributed by atoms with van der Waals surface area (Å²) in [5.74, 6) is -7.57. The Kier molecular flexibility index (Phi) is 6.98. The number of nitrogens with zero attached hydrogens (tertiary/aromatic N) is 2.